The van der Waals surface area contributed by atoms with Crippen LogP contribution in [0.1, 0.15) is 164 Å². The Hall–Kier alpha value is -5.74. The van der Waals surface area contributed by atoms with Gasteiger partial charge in [-0.25, -0.2) is 0 Å². The van der Waals surface area contributed by atoms with Crippen molar-refractivity contribution in [1.82, 2.24) is 13.7 Å². The summed E-state index contributed by atoms with van der Waals surface area (Å²) in [5.74, 6) is 0.439. The van der Waals surface area contributed by atoms with Crippen LogP contribution in [-0.4, -0.2) is 20.4 Å². The average Bonchev–Trinajstić information content (AvgIpc) is 3.89. The van der Waals surface area contributed by atoms with Crippen LogP contribution in [0.2, 0.25) is 0 Å². The van der Waals surface area contributed by atoms with Gasteiger partial charge in [-0.15, -0.1) is 0 Å². The molecule has 0 saturated heterocycles. The predicted octanol–water partition coefficient (Wildman–Crippen LogP) is 15.7. The van der Waals surface area contributed by atoms with E-state index < -0.39 is 0 Å². The molecule has 1 aliphatic carbocycles. The summed E-state index contributed by atoms with van der Waals surface area (Å²) in [6.07, 6.45) is 6.07. The zero-order valence-corrected chi connectivity index (χ0v) is 45.5. The van der Waals surface area contributed by atoms with Gasteiger partial charge in [-0.3, -0.25) is 0 Å². The quantitative estimate of drug-likeness (QED) is 0.146. The lowest BCUT2D eigenvalue weighted by Crippen LogP contribution is -2.60. The van der Waals surface area contributed by atoms with Crippen molar-refractivity contribution in [2.75, 3.05) is 0 Å². The van der Waals surface area contributed by atoms with Gasteiger partial charge in [0.1, 0.15) is 0 Å². The Bertz CT molecular complexity index is 3720. The highest BCUT2D eigenvalue weighted by Gasteiger charge is 2.44. The van der Waals surface area contributed by atoms with Gasteiger partial charge in [0.05, 0.1) is 22.2 Å². The van der Waals surface area contributed by atoms with E-state index >= 15 is 0 Å². The second kappa shape index (κ2) is 14.0. The van der Waals surface area contributed by atoms with Gasteiger partial charge in [0.2, 0.25) is 0 Å². The molecule has 3 nitrogen and oxygen atoms in total. The van der Waals surface area contributed by atoms with E-state index in [0.29, 0.717) is 5.92 Å². The fourth-order valence-electron chi connectivity index (χ4n) is 12.6. The minimum atomic E-state index is -0.0502. The maximum atomic E-state index is 2.73. The minimum absolute atomic E-state index is 0.00640. The number of fused-ring (bicyclic) bond motifs is 13. The van der Waals surface area contributed by atoms with Crippen LogP contribution in [0, 0.1) is 11.3 Å². The zero-order chi connectivity index (χ0) is 49.9. The Morgan fingerprint density at radius 1 is 0.414 bits per heavy atom. The van der Waals surface area contributed by atoms with Gasteiger partial charge in [0, 0.05) is 55.0 Å². The molecule has 0 amide bonds. The van der Waals surface area contributed by atoms with Gasteiger partial charge < -0.3 is 13.7 Å². The molecule has 1 unspecified atom stereocenters. The molecule has 3 aromatic heterocycles. The molecule has 9 aromatic rings. The van der Waals surface area contributed by atoms with E-state index in [1.807, 2.05) is 0 Å². The molecular formula is C66H74BN3. The number of hydrogen-bond donors (Lipinski definition) is 0. The van der Waals surface area contributed by atoms with E-state index in [9.17, 15) is 0 Å². The fourth-order valence-corrected chi connectivity index (χ4v) is 12.6. The molecule has 2 aliphatic heterocycles. The molecule has 0 spiro atoms. The van der Waals surface area contributed by atoms with E-state index in [1.165, 1.54) is 127 Å². The van der Waals surface area contributed by atoms with E-state index in [1.54, 1.807) is 0 Å². The highest BCUT2D eigenvalue weighted by molar-refractivity contribution is 7.00. The number of nitrogens with zero attached hydrogens (tertiary/aromatic N) is 3. The number of hydrogen-bond acceptors (Lipinski definition) is 0. The zero-order valence-electron chi connectivity index (χ0n) is 45.5. The monoisotopic (exact) mass is 920 g/mol. The smallest absolute Gasteiger partial charge is 0.252 e. The topological polar surface area (TPSA) is 14.8 Å². The molecule has 0 bridgehead atoms. The second-order valence-corrected chi connectivity index (χ2v) is 28.1. The molecule has 70 heavy (non-hydrogen) atoms. The van der Waals surface area contributed by atoms with Crippen molar-refractivity contribution in [3.8, 4) is 17.1 Å². The largest absolute Gasteiger partial charge is 0.310 e. The Balaban J connectivity index is 1.31. The highest BCUT2D eigenvalue weighted by Crippen LogP contribution is 2.47. The van der Waals surface area contributed by atoms with Crippen LogP contribution in [0.3, 0.4) is 0 Å². The molecule has 0 radical (unpaired) electrons. The third-order valence-electron chi connectivity index (χ3n) is 17.0. The van der Waals surface area contributed by atoms with Crippen LogP contribution in [0.15, 0.2) is 97.1 Å². The fraction of sp³-hybridized carbons (Fsp3) is 0.394. The summed E-state index contributed by atoms with van der Waals surface area (Å²) in [7, 11) is 0. The molecule has 0 saturated carbocycles. The third-order valence-corrected chi connectivity index (χ3v) is 17.0. The van der Waals surface area contributed by atoms with E-state index in [0.717, 1.165) is 6.42 Å². The van der Waals surface area contributed by atoms with Gasteiger partial charge >= 0.3 is 0 Å². The number of rotatable bonds is 1. The molecule has 6 aromatic carbocycles. The van der Waals surface area contributed by atoms with Gasteiger partial charge in [-0.2, -0.15) is 0 Å². The van der Waals surface area contributed by atoms with Crippen LogP contribution in [0.25, 0.3) is 77.7 Å². The van der Waals surface area contributed by atoms with Crippen LogP contribution >= 0.6 is 0 Å². The first-order valence-corrected chi connectivity index (χ1v) is 26.3. The highest BCUT2D eigenvalue weighted by atomic mass is 15.1. The van der Waals surface area contributed by atoms with Gasteiger partial charge in [-0.05, 0) is 149 Å². The van der Waals surface area contributed by atoms with E-state index in [2.05, 4.69) is 241 Å². The van der Waals surface area contributed by atoms with Gasteiger partial charge in [0.15, 0.2) is 0 Å². The minimum Gasteiger partial charge on any atom is -0.310 e. The maximum Gasteiger partial charge on any atom is 0.252 e. The van der Waals surface area contributed by atoms with Crippen molar-refractivity contribution in [2.45, 2.75) is 158 Å². The van der Waals surface area contributed by atoms with Crippen molar-refractivity contribution in [3.05, 3.63) is 136 Å². The molecule has 12 rings (SSSR count). The number of allylic oxidation sites excluding steroid dienone is 1. The SMILES string of the molecule is CC(C)(C)c1cc2c3c(c1)c1c(n3-c3cc(-n4c5cc(C(C)(C)C)ccc5c5ccc(C(C)(C)C)cc54)cc4c3B2c2cc(C(C)(C)C)cc3c5cc(C(C)(C)C)ccc5n-4c23)C=CC(C(C)(C)C)C1. The van der Waals surface area contributed by atoms with E-state index in [4.69, 9.17) is 0 Å². The van der Waals surface area contributed by atoms with E-state index in [-0.39, 0.29) is 39.2 Å². The molecule has 1 atom stereocenters. The number of aromatic nitrogens is 3. The molecule has 0 N–H and O–H groups in total. The van der Waals surface area contributed by atoms with Crippen LogP contribution in [0.5, 0.6) is 0 Å². The summed E-state index contributed by atoms with van der Waals surface area (Å²) in [6.45, 7) is 42.8. The summed E-state index contributed by atoms with van der Waals surface area (Å²) >= 11 is 0. The molecule has 356 valence electrons. The van der Waals surface area contributed by atoms with Crippen molar-refractivity contribution in [1.29, 1.82) is 0 Å². The van der Waals surface area contributed by atoms with Crippen LogP contribution < -0.4 is 16.4 Å². The van der Waals surface area contributed by atoms with Crippen LogP contribution in [-0.2, 0) is 33.5 Å². The second-order valence-electron chi connectivity index (χ2n) is 28.1. The Morgan fingerprint density at radius 3 is 1.39 bits per heavy atom. The molecule has 3 aliphatic rings. The maximum absolute atomic E-state index is 2.73. The Morgan fingerprint density at radius 2 is 0.871 bits per heavy atom. The molecule has 5 heterocycles. The van der Waals surface area contributed by atoms with Gasteiger partial charge in [-0.1, -0.05) is 173 Å². The van der Waals surface area contributed by atoms with Crippen molar-refractivity contribution >= 4 is 83.7 Å². The first-order valence-electron chi connectivity index (χ1n) is 26.3. The van der Waals surface area contributed by atoms with Crippen molar-refractivity contribution in [2.24, 2.45) is 11.3 Å². The molecule has 4 heteroatoms. The summed E-state index contributed by atoms with van der Waals surface area (Å²) in [6, 6.07) is 37.5. The Labute approximate surface area is 418 Å². The summed E-state index contributed by atoms with van der Waals surface area (Å²) in [5.41, 5.74) is 24.4. The summed E-state index contributed by atoms with van der Waals surface area (Å²) in [5, 5.41) is 6.73. The average molecular weight is 920 g/mol. The lowest BCUT2D eigenvalue weighted by Gasteiger charge is -2.36. The normalized spacial score (nSPS) is 16.1. The Kier molecular flexibility index (Phi) is 9.09. The number of benzene rings is 6. The summed E-state index contributed by atoms with van der Waals surface area (Å²) in [4.78, 5) is 0. The first-order chi connectivity index (χ1) is 32.5. The predicted molar refractivity (Wildman–Crippen MR) is 306 cm³/mol. The van der Waals surface area contributed by atoms with Crippen molar-refractivity contribution in [3.63, 3.8) is 0 Å². The lowest BCUT2D eigenvalue weighted by atomic mass is 9.34. The summed E-state index contributed by atoms with van der Waals surface area (Å²) < 4.78 is 8.06. The lowest BCUT2D eigenvalue weighted by molar-refractivity contribution is 0.291. The van der Waals surface area contributed by atoms with Crippen molar-refractivity contribution < 1.29 is 0 Å². The molecular weight excluding hydrogens is 846 g/mol. The first kappa shape index (κ1) is 45.4. The molecule has 0 fully saturated rings. The standard InChI is InChI=1S/C66H74BN3/c1-61(2,3)37-21-25-52-46(27-37)48-29-41(65(13,14)15)31-50-59(48)69(52)56-35-43(68-54-33-39(63(7,8)9)19-23-44(54)45-24-20-40(34-55(45)68)64(10,11)12)36-57-58(56)67(50)51-32-42(66(16,17)18)30-49-47-28-38(62(4,5)6)22-26-53(47)70(57)60(49)51/h19-27,29-36,38H,28H2,1-18H3. The van der Waals surface area contributed by atoms with Crippen LogP contribution in [0.4, 0.5) is 0 Å². The third kappa shape index (κ3) is 6.46. The van der Waals surface area contributed by atoms with Gasteiger partial charge in [0.25, 0.3) is 6.71 Å².